The van der Waals surface area contributed by atoms with E-state index in [4.69, 9.17) is 34.8 Å². The molecule has 1 aliphatic heterocycles. The Balaban J connectivity index is 1.80. The first-order valence-corrected chi connectivity index (χ1v) is 7.64. The van der Waals surface area contributed by atoms with Crippen molar-refractivity contribution < 1.29 is 0 Å². The molecule has 0 aromatic heterocycles. The third kappa shape index (κ3) is 2.67. The highest BCUT2D eigenvalue weighted by atomic mass is 35.5. The molecule has 3 rings (SSSR count). The van der Waals surface area contributed by atoms with Crippen molar-refractivity contribution in [2.24, 2.45) is 0 Å². The Bertz CT molecular complexity index is 486. The minimum Gasteiger partial charge on any atom is -0.355 e. The number of hydrogen-bond acceptors (Lipinski definition) is 2. The summed E-state index contributed by atoms with van der Waals surface area (Å²) < 4.78 is 0. The van der Waals surface area contributed by atoms with E-state index in [1.807, 2.05) is 6.20 Å². The maximum absolute atomic E-state index is 6.26. The first-order valence-electron chi connectivity index (χ1n) is 6.50. The fourth-order valence-corrected chi connectivity index (χ4v) is 3.90. The summed E-state index contributed by atoms with van der Waals surface area (Å²) in [7, 11) is 0. The smallest absolute Gasteiger partial charge is 0.0945 e. The van der Waals surface area contributed by atoms with Crippen molar-refractivity contribution >= 4 is 40.5 Å². The van der Waals surface area contributed by atoms with Crippen LogP contribution < -0.4 is 4.90 Å². The molecule has 1 heterocycles. The molecular formula is C14H15Cl3N2. The molecule has 19 heavy (non-hydrogen) atoms. The molecule has 1 saturated carbocycles. The Labute approximate surface area is 128 Å². The number of halogens is 3. The quantitative estimate of drug-likeness (QED) is 0.745. The van der Waals surface area contributed by atoms with E-state index >= 15 is 0 Å². The molecule has 1 aromatic rings. The Morgan fingerprint density at radius 2 is 1.58 bits per heavy atom. The van der Waals surface area contributed by atoms with Gasteiger partial charge in [-0.05, 0) is 25.0 Å². The molecular weight excluding hydrogens is 303 g/mol. The molecule has 5 heteroatoms. The van der Waals surface area contributed by atoms with Gasteiger partial charge in [0.05, 0.1) is 22.4 Å². The van der Waals surface area contributed by atoms with E-state index in [0.717, 1.165) is 12.4 Å². The Hall–Kier alpha value is -0.570. The van der Waals surface area contributed by atoms with E-state index < -0.39 is 0 Å². The van der Waals surface area contributed by atoms with Crippen LogP contribution in [-0.2, 0) is 0 Å². The van der Waals surface area contributed by atoms with E-state index in [-0.39, 0.29) is 0 Å². The van der Waals surface area contributed by atoms with Gasteiger partial charge in [-0.25, -0.2) is 0 Å². The van der Waals surface area contributed by atoms with E-state index in [0.29, 0.717) is 21.1 Å². The molecule has 0 spiro atoms. The lowest BCUT2D eigenvalue weighted by atomic mass is 10.2. The predicted molar refractivity (Wildman–Crippen MR) is 82.1 cm³/mol. The highest BCUT2D eigenvalue weighted by Gasteiger charge is 2.26. The molecule has 1 aromatic carbocycles. The van der Waals surface area contributed by atoms with Gasteiger partial charge in [-0.1, -0.05) is 47.6 Å². The Morgan fingerprint density at radius 1 is 0.947 bits per heavy atom. The van der Waals surface area contributed by atoms with Crippen LogP contribution in [0.1, 0.15) is 25.7 Å². The van der Waals surface area contributed by atoms with E-state index in [2.05, 4.69) is 16.0 Å². The molecule has 0 unspecified atom stereocenters. The zero-order valence-electron chi connectivity index (χ0n) is 10.5. The van der Waals surface area contributed by atoms with Crippen molar-refractivity contribution in [3.8, 4) is 0 Å². The van der Waals surface area contributed by atoms with Gasteiger partial charge in [0.25, 0.3) is 0 Å². The number of nitrogens with zero attached hydrogens (tertiary/aromatic N) is 2. The minimum atomic E-state index is 0.564. The lowest BCUT2D eigenvalue weighted by Gasteiger charge is -2.27. The Morgan fingerprint density at radius 3 is 2.21 bits per heavy atom. The van der Waals surface area contributed by atoms with Gasteiger partial charge >= 0.3 is 0 Å². The van der Waals surface area contributed by atoms with Crippen molar-refractivity contribution in [3.05, 3.63) is 39.6 Å². The average molecular weight is 318 g/mol. The van der Waals surface area contributed by atoms with Crippen LogP contribution in [0.2, 0.25) is 15.1 Å². The second-order valence-electron chi connectivity index (χ2n) is 5.08. The first-order chi connectivity index (χ1) is 9.15. The zero-order chi connectivity index (χ0) is 13.4. The Kier molecular flexibility index (Phi) is 3.84. The van der Waals surface area contributed by atoms with Crippen molar-refractivity contribution in [2.45, 2.75) is 31.7 Å². The molecule has 2 nitrogen and oxygen atoms in total. The molecule has 102 valence electrons. The molecule has 1 aliphatic carbocycles. The van der Waals surface area contributed by atoms with Gasteiger partial charge in [-0.3, -0.25) is 0 Å². The normalized spacial score (nSPS) is 19.7. The summed E-state index contributed by atoms with van der Waals surface area (Å²) in [5.74, 6) is 0. The molecule has 0 saturated heterocycles. The number of anilines is 1. The van der Waals surface area contributed by atoms with Crippen LogP contribution in [-0.4, -0.2) is 17.6 Å². The highest BCUT2D eigenvalue weighted by molar-refractivity contribution is 6.41. The van der Waals surface area contributed by atoms with Gasteiger partial charge < -0.3 is 9.80 Å². The van der Waals surface area contributed by atoms with Gasteiger partial charge in [-0.15, -0.1) is 0 Å². The number of hydrogen-bond donors (Lipinski definition) is 0. The SMILES string of the molecule is Clc1cc(Cl)c(N2C=CN(C3CCCC3)C2)c(Cl)c1. The van der Waals surface area contributed by atoms with Crippen LogP contribution in [0.5, 0.6) is 0 Å². The third-order valence-corrected chi connectivity index (χ3v) is 4.61. The third-order valence-electron chi connectivity index (χ3n) is 3.82. The van der Waals surface area contributed by atoms with Gasteiger partial charge in [-0.2, -0.15) is 0 Å². The highest BCUT2D eigenvalue weighted by Crippen LogP contribution is 2.38. The van der Waals surface area contributed by atoms with Crippen molar-refractivity contribution in [1.29, 1.82) is 0 Å². The van der Waals surface area contributed by atoms with Crippen molar-refractivity contribution in [1.82, 2.24) is 4.90 Å². The molecule has 0 bridgehead atoms. The van der Waals surface area contributed by atoms with Crippen LogP contribution in [0.15, 0.2) is 24.5 Å². The van der Waals surface area contributed by atoms with Crippen molar-refractivity contribution in [3.63, 3.8) is 0 Å². The lowest BCUT2D eigenvalue weighted by molar-refractivity contribution is 0.301. The van der Waals surface area contributed by atoms with Gasteiger partial charge in [0.15, 0.2) is 0 Å². The molecule has 0 N–H and O–H groups in total. The summed E-state index contributed by atoms with van der Waals surface area (Å²) in [5.41, 5.74) is 0.837. The molecule has 0 atom stereocenters. The molecule has 0 radical (unpaired) electrons. The maximum atomic E-state index is 6.26. The summed E-state index contributed by atoms with van der Waals surface area (Å²) >= 11 is 18.5. The van der Waals surface area contributed by atoms with Crippen LogP contribution in [0.3, 0.4) is 0 Å². The second kappa shape index (κ2) is 5.43. The largest absolute Gasteiger partial charge is 0.355 e. The van der Waals surface area contributed by atoms with E-state index in [1.54, 1.807) is 12.1 Å². The van der Waals surface area contributed by atoms with Crippen molar-refractivity contribution in [2.75, 3.05) is 11.6 Å². The van der Waals surface area contributed by atoms with Crippen LogP contribution in [0.4, 0.5) is 5.69 Å². The summed E-state index contributed by atoms with van der Waals surface area (Å²) in [4.78, 5) is 4.45. The average Bonchev–Trinajstić information content (AvgIpc) is 2.97. The summed E-state index contributed by atoms with van der Waals surface area (Å²) in [6.45, 7) is 0.811. The first kappa shape index (κ1) is 13.4. The van der Waals surface area contributed by atoms with Crippen LogP contribution in [0.25, 0.3) is 0 Å². The second-order valence-corrected chi connectivity index (χ2v) is 6.33. The number of rotatable bonds is 2. The zero-order valence-corrected chi connectivity index (χ0v) is 12.7. The van der Waals surface area contributed by atoms with Gasteiger partial charge in [0.1, 0.15) is 0 Å². The van der Waals surface area contributed by atoms with E-state index in [1.165, 1.54) is 25.7 Å². The predicted octanol–water partition coefficient (Wildman–Crippen LogP) is 5.14. The summed E-state index contributed by atoms with van der Waals surface area (Å²) in [5, 5.41) is 1.75. The topological polar surface area (TPSA) is 6.48 Å². The van der Waals surface area contributed by atoms with Gasteiger partial charge in [0.2, 0.25) is 0 Å². The number of benzene rings is 1. The minimum absolute atomic E-state index is 0.564. The summed E-state index contributed by atoms with van der Waals surface area (Å²) in [6.07, 6.45) is 9.39. The monoisotopic (exact) mass is 316 g/mol. The fourth-order valence-electron chi connectivity index (χ4n) is 2.86. The summed E-state index contributed by atoms with van der Waals surface area (Å²) in [6, 6.07) is 4.12. The van der Waals surface area contributed by atoms with Gasteiger partial charge in [0, 0.05) is 23.5 Å². The maximum Gasteiger partial charge on any atom is 0.0945 e. The standard InChI is InChI=1S/C14H15Cl3N2/c15-10-7-12(16)14(13(17)8-10)19-6-5-18(9-19)11-3-1-2-4-11/h5-8,11H,1-4,9H2. The fraction of sp³-hybridized carbons (Fsp3) is 0.429. The lowest BCUT2D eigenvalue weighted by Crippen LogP contribution is -2.32. The van der Waals surface area contributed by atoms with Crippen LogP contribution in [0, 0.1) is 0 Å². The molecule has 2 aliphatic rings. The van der Waals surface area contributed by atoms with Crippen LogP contribution >= 0.6 is 34.8 Å². The molecule has 1 fully saturated rings. The molecule has 0 amide bonds. The van der Waals surface area contributed by atoms with E-state index in [9.17, 15) is 0 Å².